The first-order valence-electron chi connectivity index (χ1n) is 8.79. The molecular formula is C16H31IN6S. The van der Waals surface area contributed by atoms with Crippen LogP contribution in [0.4, 0.5) is 0 Å². The van der Waals surface area contributed by atoms with E-state index >= 15 is 0 Å². The Bertz CT molecular complexity index is 493. The smallest absolute Gasteiger partial charge is 0.191 e. The largest absolute Gasteiger partial charge is 0.357 e. The predicted molar refractivity (Wildman–Crippen MR) is 113 cm³/mol. The molecule has 1 aromatic rings. The molecule has 0 bridgehead atoms. The first-order valence-corrected chi connectivity index (χ1v) is 9.84. The molecule has 1 aliphatic rings. The third-order valence-electron chi connectivity index (χ3n) is 4.09. The van der Waals surface area contributed by atoms with Crippen molar-refractivity contribution in [1.29, 1.82) is 0 Å². The Labute approximate surface area is 167 Å². The molecule has 1 fully saturated rings. The number of nitrogens with one attached hydrogen (secondary N) is 2. The standard InChI is InChI=1S/C16H30N6S.HI/c1-4-15-21-19-12-22(15)10-9-18-16(17-5-2)20-13-7-8-14(11-13)23-6-3;/h12-14H,4-11H2,1-3H3,(H2,17,18,20);1H. The summed E-state index contributed by atoms with van der Waals surface area (Å²) in [6, 6.07) is 0.554. The molecule has 8 heteroatoms. The summed E-state index contributed by atoms with van der Waals surface area (Å²) in [5, 5.41) is 15.8. The van der Waals surface area contributed by atoms with E-state index in [2.05, 4.69) is 57.9 Å². The van der Waals surface area contributed by atoms with Crippen LogP contribution in [0.1, 0.15) is 45.9 Å². The summed E-state index contributed by atoms with van der Waals surface area (Å²) in [5.41, 5.74) is 0. The molecule has 0 aliphatic heterocycles. The highest BCUT2D eigenvalue weighted by molar-refractivity contribution is 14.0. The maximum Gasteiger partial charge on any atom is 0.191 e. The summed E-state index contributed by atoms with van der Waals surface area (Å²) in [6.07, 6.45) is 6.50. The molecule has 2 rings (SSSR count). The number of aliphatic imine (C=N–C) groups is 1. The van der Waals surface area contributed by atoms with E-state index in [-0.39, 0.29) is 24.0 Å². The van der Waals surface area contributed by atoms with Crippen LogP contribution in [0.5, 0.6) is 0 Å². The maximum atomic E-state index is 4.71. The number of aromatic nitrogens is 3. The number of hydrogen-bond acceptors (Lipinski definition) is 4. The Hall–Kier alpha value is -0.510. The van der Waals surface area contributed by atoms with Gasteiger partial charge in [0.25, 0.3) is 0 Å². The van der Waals surface area contributed by atoms with E-state index in [1.54, 1.807) is 6.33 Å². The Morgan fingerprint density at radius 3 is 2.92 bits per heavy atom. The zero-order valence-electron chi connectivity index (χ0n) is 15.0. The van der Waals surface area contributed by atoms with E-state index in [1.165, 1.54) is 25.0 Å². The highest BCUT2D eigenvalue weighted by Crippen LogP contribution is 2.29. The zero-order valence-corrected chi connectivity index (χ0v) is 18.1. The van der Waals surface area contributed by atoms with Crippen LogP contribution in [0, 0.1) is 0 Å². The molecular weight excluding hydrogens is 435 g/mol. The van der Waals surface area contributed by atoms with Gasteiger partial charge in [-0.05, 0) is 31.9 Å². The zero-order chi connectivity index (χ0) is 16.5. The van der Waals surface area contributed by atoms with Crippen molar-refractivity contribution in [1.82, 2.24) is 25.4 Å². The summed E-state index contributed by atoms with van der Waals surface area (Å²) >= 11 is 2.09. The molecule has 0 aromatic carbocycles. The second-order valence-electron chi connectivity index (χ2n) is 5.79. The van der Waals surface area contributed by atoms with Gasteiger partial charge >= 0.3 is 0 Å². The van der Waals surface area contributed by atoms with Crippen LogP contribution in [0.15, 0.2) is 11.3 Å². The molecule has 1 heterocycles. The molecule has 138 valence electrons. The first-order chi connectivity index (χ1) is 11.3. The van der Waals surface area contributed by atoms with Gasteiger partial charge in [0.1, 0.15) is 12.2 Å². The van der Waals surface area contributed by atoms with Gasteiger partial charge in [-0.2, -0.15) is 11.8 Å². The molecule has 2 atom stereocenters. The van der Waals surface area contributed by atoms with Crippen molar-refractivity contribution < 1.29 is 0 Å². The van der Waals surface area contributed by atoms with E-state index in [1.807, 2.05) is 0 Å². The highest BCUT2D eigenvalue weighted by atomic mass is 127. The fourth-order valence-corrected chi connectivity index (χ4v) is 4.12. The van der Waals surface area contributed by atoms with Crippen LogP contribution in [0.25, 0.3) is 0 Å². The highest BCUT2D eigenvalue weighted by Gasteiger charge is 2.24. The average Bonchev–Trinajstić information content (AvgIpc) is 3.17. The molecule has 0 radical (unpaired) electrons. The minimum absolute atomic E-state index is 0. The number of hydrogen-bond donors (Lipinski definition) is 2. The molecule has 1 aromatic heterocycles. The average molecular weight is 466 g/mol. The van der Waals surface area contributed by atoms with Crippen molar-refractivity contribution in [2.24, 2.45) is 4.99 Å². The van der Waals surface area contributed by atoms with E-state index < -0.39 is 0 Å². The molecule has 1 aliphatic carbocycles. The van der Waals surface area contributed by atoms with Crippen molar-refractivity contribution >= 4 is 41.7 Å². The summed E-state index contributed by atoms with van der Waals surface area (Å²) < 4.78 is 2.08. The minimum Gasteiger partial charge on any atom is -0.357 e. The van der Waals surface area contributed by atoms with Gasteiger partial charge in [0, 0.05) is 30.8 Å². The van der Waals surface area contributed by atoms with E-state index in [0.29, 0.717) is 6.04 Å². The van der Waals surface area contributed by atoms with Crippen LogP contribution in [-0.2, 0) is 13.0 Å². The third-order valence-corrected chi connectivity index (χ3v) is 5.33. The lowest BCUT2D eigenvalue weighted by Gasteiger charge is -2.17. The van der Waals surface area contributed by atoms with Gasteiger partial charge in [0.15, 0.2) is 5.96 Å². The van der Waals surface area contributed by atoms with Crippen LogP contribution in [0.3, 0.4) is 0 Å². The number of thioether (sulfide) groups is 1. The quantitative estimate of drug-likeness (QED) is 0.351. The Balaban J connectivity index is 0.00000288. The van der Waals surface area contributed by atoms with Crippen molar-refractivity contribution in [3.63, 3.8) is 0 Å². The van der Waals surface area contributed by atoms with Crippen LogP contribution >= 0.6 is 35.7 Å². The van der Waals surface area contributed by atoms with Gasteiger partial charge in [-0.3, -0.25) is 4.99 Å². The molecule has 0 amide bonds. The summed E-state index contributed by atoms with van der Waals surface area (Å²) in [6.45, 7) is 8.90. The molecule has 6 nitrogen and oxygen atoms in total. The number of aryl methyl sites for hydroxylation is 1. The van der Waals surface area contributed by atoms with Crippen LogP contribution < -0.4 is 10.6 Å². The lowest BCUT2D eigenvalue weighted by atomic mass is 10.2. The Morgan fingerprint density at radius 2 is 2.21 bits per heavy atom. The molecule has 2 N–H and O–H groups in total. The van der Waals surface area contributed by atoms with Gasteiger partial charge in [0.05, 0.1) is 6.54 Å². The Kier molecular flexibility index (Phi) is 10.7. The van der Waals surface area contributed by atoms with E-state index in [4.69, 9.17) is 4.99 Å². The fraction of sp³-hybridized carbons (Fsp3) is 0.812. The number of halogens is 1. The van der Waals surface area contributed by atoms with E-state index in [0.717, 1.165) is 43.1 Å². The SMILES string of the molecule is CCNC(=NCCn1cnnc1CC)NC1CCC(SCC)C1.I. The summed E-state index contributed by atoms with van der Waals surface area (Å²) in [5.74, 6) is 3.17. The number of rotatable bonds is 8. The molecule has 0 saturated heterocycles. The molecule has 1 saturated carbocycles. The summed E-state index contributed by atoms with van der Waals surface area (Å²) in [7, 11) is 0. The van der Waals surface area contributed by atoms with Crippen molar-refractivity contribution in [3.8, 4) is 0 Å². The van der Waals surface area contributed by atoms with Crippen molar-refractivity contribution in [2.75, 3.05) is 18.8 Å². The van der Waals surface area contributed by atoms with Gasteiger partial charge in [0.2, 0.25) is 0 Å². The van der Waals surface area contributed by atoms with Crippen LogP contribution in [0.2, 0.25) is 0 Å². The minimum atomic E-state index is 0. The fourth-order valence-electron chi connectivity index (χ4n) is 2.98. The Morgan fingerprint density at radius 1 is 1.38 bits per heavy atom. The molecule has 0 spiro atoms. The third kappa shape index (κ3) is 6.78. The monoisotopic (exact) mass is 466 g/mol. The molecule has 2 unspecified atom stereocenters. The lowest BCUT2D eigenvalue weighted by molar-refractivity contribution is 0.609. The first kappa shape index (κ1) is 21.5. The van der Waals surface area contributed by atoms with Gasteiger partial charge in [-0.25, -0.2) is 0 Å². The molecule has 24 heavy (non-hydrogen) atoms. The normalized spacial score (nSPS) is 20.7. The second-order valence-corrected chi connectivity index (χ2v) is 7.36. The van der Waals surface area contributed by atoms with Gasteiger partial charge in [-0.15, -0.1) is 34.2 Å². The van der Waals surface area contributed by atoms with Gasteiger partial charge < -0.3 is 15.2 Å². The number of guanidine groups is 1. The second kappa shape index (κ2) is 11.9. The van der Waals surface area contributed by atoms with Crippen LogP contribution in [-0.4, -0.2) is 50.9 Å². The van der Waals surface area contributed by atoms with Crippen molar-refractivity contribution in [2.45, 2.75) is 64.3 Å². The van der Waals surface area contributed by atoms with Crippen molar-refractivity contribution in [3.05, 3.63) is 12.2 Å². The predicted octanol–water partition coefficient (Wildman–Crippen LogP) is 2.69. The lowest BCUT2D eigenvalue weighted by Crippen LogP contribution is -2.42. The topological polar surface area (TPSA) is 67.1 Å². The van der Waals surface area contributed by atoms with E-state index in [9.17, 15) is 0 Å². The maximum absolute atomic E-state index is 4.71. The number of nitrogens with zero attached hydrogens (tertiary/aromatic N) is 4. The van der Waals surface area contributed by atoms with Gasteiger partial charge in [-0.1, -0.05) is 13.8 Å². The summed E-state index contributed by atoms with van der Waals surface area (Å²) in [4.78, 5) is 4.71.